The van der Waals surface area contributed by atoms with Gasteiger partial charge >= 0.3 is 21.8 Å². The third kappa shape index (κ3) is 4.16. The Morgan fingerprint density at radius 3 is 2.32 bits per heavy atom. The summed E-state index contributed by atoms with van der Waals surface area (Å²) in [5.41, 5.74) is -1.85. The van der Waals surface area contributed by atoms with E-state index in [1.165, 1.54) is 45.3 Å². The van der Waals surface area contributed by atoms with Crippen LogP contribution in [0.3, 0.4) is 0 Å². The highest BCUT2D eigenvalue weighted by Gasteiger charge is 2.29. The molecule has 0 fully saturated rings. The third-order valence-corrected chi connectivity index (χ3v) is 5.38. The Morgan fingerprint density at radius 2 is 1.71 bits per heavy atom. The molecule has 0 N–H and O–H groups in total. The molecule has 2 aromatic rings. The molecule has 0 unspecified atom stereocenters. The van der Waals surface area contributed by atoms with Crippen LogP contribution < -0.4 is 15.4 Å². The average Bonchev–Trinajstić information content (AvgIpc) is 2.62. The first-order chi connectivity index (χ1) is 13.0. The number of benzene rings is 1. The van der Waals surface area contributed by atoms with E-state index in [1.807, 2.05) is 13.8 Å². The summed E-state index contributed by atoms with van der Waals surface area (Å²) in [7, 11) is -2.12. The quantitative estimate of drug-likeness (QED) is 0.515. The maximum Gasteiger partial charge on any atom is 0.346 e. The number of para-hydroxylation sites is 1. The molecule has 0 aliphatic heterocycles. The van der Waals surface area contributed by atoms with Crippen LogP contribution in [-0.2, 0) is 29.0 Å². The van der Waals surface area contributed by atoms with Crippen LogP contribution in [0.15, 0.2) is 38.8 Å². The summed E-state index contributed by atoms with van der Waals surface area (Å²) in [6.45, 7) is 5.19. The van der Waals surface area contributed by atoms with Gasteiger partial charge in [-0.1, -0.05) is 26.0 Å². The summed E-state index contributed by atoms with van der Waals surface area (Å²) in [6, 6.07) is 5.66. The molecule has 0 saturated carbocycles. The van der Waals surface area contributed by atoms with Gasteiger partial charge in [0.25, 0.3) is 5.56 Å². The Hall–Kier alpha value is -2.88. The van der Waals surface area contributed by atoms with Crippen molar-refractivity contribution in [2.24, 2.45) is 20.0 Å². The van der Waals surface area contributed by atoms with Crippen LogP contribution in [-0.4, -0.2) is 30.1 Å². The number of nitrogens with zero attached hydrogens (tertiary/aromatic N) is 2. The normalized spacial score (nSPS) is 11.5. The molecule has 2 rings (SSSR count). The summed E-state index contributed by atoms with van der Waals surface area (Å²) in [5, 5.41) is 0. The highest BCUT2D eigenvalue weighted by atomic mass is 32.2. The minimum absolute atomic E-state index is 0.0760. The Kier molecular flexibility index (Phi) is 6.13. The summed E-state index contributed by atoms with van der Waals surface area (Å²) >= 11 is 0. The molecule has 0 spiro atoms. The molecule has 9 nitrogen and oxygen atoms in total. The van der Waals surface area contributed by atoms with Gasteiger partial charge in [-0.3, -0.25) is 13.9 Å². The lowest BCUT2D eigenvalue weighted by molar-refractivity contribution is 0.0457. The largest absolute Gasteiger partial charge is 0.462 e. The molecular formula is C18H22N2O7S. The predicted octanol–water partition coefficient (Wildman–Crippen LogP) is 0.973. The van der Waals surface area contributed by atoms with Crippen molar-refractivity contribution in [3.8, 4) is 5.75 Å². The number of carbonyl (C=O) groups is 1. The summed E-state index contributed by atoms with van der Waals surface area (Å²) in [5.74, 6) is -0.923. The second-order valence-corrected chi connectivity index (χ2v) is 8.13. The van der Waals surface area contributed by atoms with E-state index < -0.39 is 32.2 Å². The van der Waals surface area contributed by atoms with E-state index in [1.54, 1.807) is 0 Å². The number of hydrogen-bond acceptors (Lipinski definition) is 7. The van der Waals surface area contributed by atoms with E-state index >= 15 is 0 Å². The monoisotopic (exact) mass is 410 g/mol. The SMILES string of the molecule is Cc1c(S(=O)(=O)Oc2ccccc2C(=O)OCC(C)C)c(=O)n(C)c(=O)n1C. The maximum absolute atomic E-state index is 12.8. The summed E-state index contributed by atoms with van der Waals surface area (Å²) in [6.07, 6.45) is 0. The second-order valence-electron chi connectivity index (χ2n) is 6.65. The molecule has 0 saturated heterocycles. The van der Waals surface area contributed by atoms with Crippen molar-refractivity contribution >= 4 is 16.1 Å². The molecule has 0 aliphatic carbocycles. The first kappa shape index (κ1) is 21.4. The number of ether oxygens (including phenoxy) is 1. The number of carbonyl (C=O) groups excluding carboxylic acids is 1. The molecule has 0 aliphatic rings. The Labute approximate surface area is 162 Å². The smallest absolute Gasteiger partial charge is 0.346 e. The van der Waals surface area contributed by atoms with Crippen molar-refractivity contribution in [2.45, 2.75) is 25.7 Å². The van der Waals surface area contributed by atoms with Gasteiger partial charge < -0.3 is 8.92 Å². The first-order valence-electron chi connectivity index (χ1n) is 8.44. The van der Waals surface area contributed by atoms with E-state index in [9.17, 15) is 22.8 Å². The van der Waals surface area contributed by atoms with Crippen LogP contribution in [0.25, 0.3) is 0 Å². The maximum atomic E-state index is 12.8. The van der Waals surface area contributed by atoms with E-state index in [4.69, 9.17) is 8.92 Å². The molecule has 0 atom stereocenters. The minimum atomic E-state index is -4.62. The van der Waals surface area contributed by atoms with E-state index in [0.717, 1.165) is 4.57 Å². The van der Waals surface area contributed by atoms with Crippen LogP contribution in [0.1, 0.15) is 29.9 Å². The van der Waals surface area contributed by atoms with Crippen LogP contribution in [0.4, 0.5) is 0 Å². The van der Waals surface area contributed by atoms with E-state index in [2.05, 4.69) is 0 Å². The van der Waals surface area contributed by atoms with Gasteiger partial charge in [-0.2, -0.15) is 8.42 Å². The molecule has 152 valence electrons. The van der Waals surface area contributed by atoms with Crippen molar-refractivity contribution in [1.29, 1.82) is 0 Å². The molecule has 28 heavy (non-hydrogen) atoms. The fourth-order valence-electron chi connectivity index (χ4n) is 2.39. The molecule has 0 bridgehead atoms. The van der Waals surface area contributed by atoms with Gasteiger partial charge in [0.05, 0.1) is 6.61 Å². The lowest BCUT2D eigenvalue weighted by Crippen LogP contribution is -2.41. The molecular weight excluding hydrogens is 388 g/mol. The van der Waals surface area contributed by atoms with Gasteiger partial charge in [-0.15, -0.1) is 0 Å². The van der Waals surface area contributed by atoms with Crippen molar-refractivity contribution < 1.29 is 22.1 Å². The lowest BCUT2D eigenvalue weighted by Gasteiger charge is -2.14. The molecule has 10 heteroatoms. The van der Waals surface area contributed by atoms with Crippen molar-refractivity contribution in [1.82, 2.24) is 9.13 Å². The Balaban J connectivity index is 2.52. The molecule has 0 radical (unpaired) electrons. The molecule has 1 heterocycles. The van der Waals surface area contributed by atoms with Gasteiger partial charge in [0.2, 0.25) is 0 Å². The van der Waals surface area contributed by atoms with Crippen molar-refractivity contribution in [3.63, 3.8) is 0 Å². The zero-order chi connectivity index (χ0) is 21.2. The van der Waals surface area contributed by atoms with E-state index in [0.29, 0.717) is 4.57 Å². The second kappa shape index (κ2) is 8.01. The molecule has 1 aromatic carbocycles. The Bertz CT molecular complexity index is 1130. The Morgan fingerprint density at radius 1 is 1.11 bits per heavy atom. The van der Waals surface area contributed by atoms with E-state index in [-0.39, 0.29) is 29.5 Å². The van der Waals surface area contributed by atoms with Crippen LogP contribution in [0.2, 0.25) is 0 Å². The average molecular weight is 410 g/mol. The minimum Gasteiger partial charge on any atom is -0.462 e. The van der Waals surface area contributed by atoms with Crippen LogP contribution in [0, 0.1) is 12.8 Å². The van der Waals surface area contributed by atoms with Crippen LogP contribution >= 0.6 is 0 Å². The van der Waals surface area contributed by atoms with Crippen molar-refractivity contribution in [2.75, 3.05) is 6.61 Å². The lowest BCUT2D eigenvalue weighted by atomic mass is 10.2. The zero-order valence-electron chi connectivity index (χ0n) is 16.3. The highest BCUT2D eigenvalue weighted by Crippen LogP contribution is 2.23. The third-order valence-electron chi connectivity index (χ3n) is 4.01. The summed E-state index contributed by atoms with van der Waals surface area (Å²) < 4.78 is 37.5. The molecule has 0 amide bonds. The fraction of sp³-hybridized carbons (Fsp3) is 0.389. The van der Waals surface area contributed by atoms with Crippen molar-refractivity contribution in [3.05, 3.63) is 56.4 Å². The standard InChI is InChI=1S/C18H22N2O7S/c1-11(2)10-26-17(22)13-8-6-7-9-14(13)27-28(24,25)15-12(3)19(4)18(23)20(5)16(15)21/h6-9,11H,10H2,1-5H3. The summed E-state index contributed by atoms with van der Waals surface area (Å²) in [4.78, 5) is 35.9. The number of hydrogen-bond donors (Lipinski definition) is 0. The highest BCUT2D eigenvalue weighted by molar-refractivity contribution is 7.87. The van der Waals surface area contributed by atoms with Gasteiger partial charge in [0.15, 0.2) is 10.6 Å². The van der Waals surface area contributed by atoms with Gasteiger partial charge in [0.1, 0.15) is 5.56 Å². The predicted molar refractivity (Wildman–Crippen MR) is 101 cm³/mol. The van der Waals surface area contributed by atoms with Gasteiger partial charge in [-0.25, -0.2) is 9.59 Å². The number of esters is 1. The molecule has 1 aromatic heterocycles. The van der Waals surface area contributed by atoms with Gasteiger partial charge in [-0.05, 0) is 25.0 Å². The topological polar surface area (TPSA) is 114 Å². The zero-order valence-corrected chi connectivity index (χ0v) is 17.1. The number of aromatic nitrogens is 2. The first-order valence-corrected chi connectivity index (χ1v) is 9.85. The number of rotatable bonds is 6. The van der Waals surface area contributed by atoms with Crippen LogP contribution in [0.5, 0.6) is 5.75 Å². The van der Waals surface area contributed by atoms with Gasteiger partial charge in [0, 0.05) is 19.8 Å². The fourth-order valence-corrected chi connectivity index (χ4v) is 3.71.